The van der Waals surface area contributed by atoms with E-state index in [9.17, 15) is 19.7 Å². The van der Waals surface area contributed by atoms with Crippen LogP contribution in [0.15, 0.2) is 63.8 Å². The van der Waals surface area contributed by atoms with Crippen molar-refractivity contribution in [2.24, 2.45) is 0 Å². The number of fused-ring (bicyclic) bond motifs is 1. The van der Waals surface area contributed by atoms with Crippen molar-refractivity contribution in [3.8, 4) is 5.69 Å². The van der Waals surface area contributed by atoms with Gasteiger partial charge in [-0.05, 0) is 90.2 Å². The number of aromatic nitrogens is 2. The minimum absolute atomic E-state index is 0.239. The van der Waals surface area contributed by atoms with Gasteiger partial charge in [-0.1, -0.05) is 0 Å². The summed E-state index contributed by atoms with van der Waals surface area (Å²) in [7, 11) is 0. The van der Waals surface area contributed by atoms with Crippen LogP contribution in [0.4, 0.5) is 5.88 Å². The fourth-order valence-corrected chi connectivity index (χ4v) is 3.68. The molecule has 2 aromatic carbocycles. The predicted molar refractivity (Wildman–Crippen MR) is 130 cm³/mol. The van der Waals surface area contributed by atoms with E-state index in [-0.39, 0.29) is 29.6 Å². The van der Waals surface area contributed by atoms with Gasteiger partial charge in [0.25, 0.3) is 5.56 Å². The van der Waals surface area contributed by atoms with Crippen LogP contribution < -0.4 is 5.56 Å². The molecule has 0 saturated heterocycles. The quantitative estimate of drug-likeness (QED) is 0.144. The zero-order valence-electron chi connectivity index (χ0n) is 17.2. The number of hydrogen-bond acceptors (Lipinski definition) is 7. The molecule has 33 heavy (non-hydrogen) atoms. The standard InChI is InChI=1S/C23H16IN3O6/c1-2-32-23(29)14-3-6-16(7-4-14)26-20(11-8-17-9-12-21(33-17)27(30)31)25-19-10-5-15(24)13-18(19)22(26)28/h3-13H,2H2,1H3. The first kappa shape index (κ1) is 22.4. The number of hydrogen-bond donors (Lipinski definition) is 0. The Morgan fingerprint density at radius 1 is 1.18 bits per heavy atom. The molecule has 0 spiro atoms. The highest BCUT2D eigenvalue weighted by molar-refractivity contribution is 14.1. The molecular formula is C23H16IN3O6. The fourth-order valence-electron chi connectivity index (χ4n) is 3.18. The molecule has 4 aromatic rings. The van der Waals surface area contributed by atoms with Gasteiger partial charge in [-0.15, -0.1) is 0 Å². The van der Waals surface area contributed by atoms with Crippen molar-refractivity contribution in [1.29, 1.82) is 0 Å². The molecule has 2 heterocycles. The molecule has 0 unspecified atom stereocenters. The van der Waals surface area contributed by atoms with Gasteiger partial charge in [0.1, 0.15) is 16.5 Å². The van der Waals surface area contributed by atoms with Crippen LogP contribution in [-0.4, -0.2) is 27.1 Å². The van der Waals surface area contributed by atoms with Crippen molar-refractivity contribution >= 4 is 57.5 Å². The molecule has 166 valence electrons. The highest BCUT2D eigenvalue weighted by Crippen LogP contribution is 2.20. The van der Waals surface area contributed by atoms with Crippen molar-refractivity contribution in [2.45, 2.75) is 6.92 Å². The molecule has 0 bridgehead atoms. The molecule has 9 nitrogen and oxygen atoms in total. The number of nitro groups is 1. The Hall–Kier alpha value is -3.80. The van der Waals surface area contributed by atoms with Crippen LogP contribution in [0.3, 0.4) is 0 Å². The number of nitrogens with zero attached hydrogens (tertiary/aromatic N) is 3. The Labute approximate surface area is 200 Å². The van der Waals surface area contributed by atoms with Crippen LogP contribution in [0, 0.1) is 13.7 Å². The summed E-state index contributed by atoms with van der Waals surface area (Å²) >= 11 is 2.12. The number of carbonyl (C=O) groups excluding carboxylic acids is 1. The summed E-state index contributed by atoms with van der Waals surface area (Å²) in [4.78, 5) is 40.2. The van der Waals surface area contributed by atoms with Crippen molar-refractivity contribution in [3.05, 3.63) is 95.8 Å². The molecule has 0 radical (unpaired) electrons. The third kappa shape index (κ3) is 4.70. The van der Waals surface area contributed by atoms with Gasteiger partial charge in [0, 0.05) is 3.57 Å². The molecule has 0 saturated carbocycles. The molecule has 0 aliphatic heterocycles. The molecule has 0 aliphatic carbocycles. The summed E-state index contributed by atoms with van der Waals surface area (Å²) in [6.07, 6.45) is 3.04. The summed E-state index contributed by atoms with van der Waals surface area (Å²) in [5.74, 6) is -0.315. The maximum Gasteiger partial charge on any atom is 0.433 e. The van der Waals surface area contributed by atoms with Crippen molar-refractivity contribution in [1.82, 2.24) is 9.55 Å². The number of esters is 1. The van der Waals surface area contributed by atoms with Gasteiger partial charge >= 0.3 is 11.9 Å². The minimum atomic E-state index is -0.631. The number of halogens is 1. The summed E-state index contributed by atoms with van der Waals surface area (Å²) in [6.45, 7) is 1.98. The van der Waals surface area contributed by atoms with Crippen LogP contribution in [0.1, 0.15) is 28.9 Å². The first-order chi connectivity index (χ1) is 15.9. The Morgan fingerprint density at radius 3 is 2.61 bits per heavy atom. The normalized spacial score (nSPS) is 11.2. The molecule has 0 atom stereocenters. The lowest BCUT2D eigenvalue weighted by Crippen LogP contribution is -2.22. The van der Waals surface area contributed by atoms with Crippen LogP contribution >= 0.6 is 22.6 Å². The lowest BCUT2D eigenvalue weighted by molar-refractivity contribution is -0.402. The lowest BCUT2D eigenvalue weighted by Gasteiger charge is -2.12. The van der Waals surface area contributed by atoms with Crippen molar-refractivity contribution < 1.29 is 18.9 Å². The smallest absolute Gasteiger partial charge is 0.433 e. The second-order valence-corrected chi connectivity index (χ2v) is 8.05. The van der Waals surface area contributed by atoms with Crippen LogP contribution in [0.25, 0.3) is 28.7 Å². The molecule has 4 rings (SSSR count). The van der Waals surface area contributed by atoms with E-state index in [1.54, 1.807) is 49.4 Å². The summed E-state index contributed by atoms with van der Waals surface area (Å²) in [5.41, 5.74) is 1.06. The molecule has 0 N–H and O–H groups in total. The van der Waals surface area contributed by atoms with Crippen molar-refractivity contribution in [3.63, 3.8) is 0 Å². The minimum Gasteiger partial charge on any atom is -0.462 e. The molecule has 2 aromatic heterocycles. The third-order valence-corrected chi connectivity index (χ3v) is 5.35. The number of rotatable bonds is 6. The SMILES string of the molecule is CCOC(=O)c1ccc(-n2c(C=Cc3ccc([N+](=O)[O-])o3)nc3ccc(I)cc3c2=O)cc1. The number of ether oxygens (including phenoxy) is 1. The van der Waals surface area contributed by atoms with Gasteiger partial charge in [0.2, 0.25) is 0 Å². The van der Waals surface area contributed by atoms with E-state index in [0.717, 1.165) is 3.57 Å². The van der Waals surface area contributed by atoms with Crippen LogP contribution in [0.5, 0.6) is 0 Å². The van der Waals surface area contributed by atoms with Gasteiger partial charge in [-0.3, -0.25) is 19.5 Å². The average molecular weight is 557 g/mol. The zero-order chi connectivity index (χ0) is 23.5. The molecule has 0 amide bonds. The highest BCUT2D eigenvalue weighted by Gasteiger charge is 2.14. The Morgan fingerprint density at radius 2 is 1.94 bits per heavy atom. The first-order valence-electron chi connectivity index (χ1n) is 9.79. The number of carbonyl (C=O) groups is 1. The number of furan rings is 1. The molecule has 10 heteroatoms. The Balaban J connectivity index is 1.84. The van der Waals surface area contributed by atoms with Crippen molar-refractivity contribution in [2.75, 3.05) is 6.61 Å². The lowest BCUT2D eigenvalue weighted by atomic mass is 10.2. The zero-order valence-corrected chi connectivity index (χ0v) is 19.4. The molecule has 0 fully saturated rings. The van der Waals surface area contributed by atoms with E-state index < -0.39 is 10.9 Å². The summed E-state index contributed by atoms with van der Waals surface area (Å²) < 4.78 is 12.5. The van der Waals surface area contributed by atoms with Gasteiger partial charge in [-0.25, -0.2) is 9.78 Å². The van der Waals surface area contributed by atoms with Crippen LogP contribution in [-0.2, 0) is 4.74 Å². The highest BCUT2D eigenvalue weighted by atomic mass is 127. The monoisotopic (exact) mass is 557 g/mol. The van der Waals surface area contributed by atoms with Crippen LogP contribution in [0.2, 0.25) is 0 Å². The van der Waals surface area contributed by atoms with Gasteiger partial charge in [-0.2, -0.15) is 0 Å². The maximum atomic E-state index is 13.4. The average Bonchev–Trinajstić information content (AvgIpc) is 3.28. The molecule has 0 aliphatic rings. The van der Waals surface area contributed by atoms with Gasteiger partial charge in [0.15, 0.2) is 0 Å². The molecular weight excluding hydrogens is 541 g/mol. The Bertz CT molecular complexity index is 1450. The second-order valence-electron chi connectivity index (χ2n) is 6.81. The largest absolute Gasteiger partial charge is 0.462 e. The van der Waals surface area contributed by atoms with E-state index in [1.807, 2.05) is 6.07 Å². The van der Waals surface area contributed by atoms with E-state index in [0.29, 0.717) is 22.2 Å². The maximum absolute atomic E-state index is 13.4. The summed E-state index contributed by atoms with van der Waals surface area (Å²) in [6, 6.07) is 14.4. The summed E-state index contributed by atoms with van der Waals surface area (Å²) in [5, 5.41) is 11.3. The number of benzene rings is 2. The van der Waals surface area contributed by atoms with Gasteiger partial charge in [0.05, 0.1) is 34.8 Å². The Kier molecular flexibility index (Phi) is 6.36. The second kappa shape index (κ2) is 9.36. The van der Waals surface area contributed by atoms with Gasteiger partial charge < -0.3 is 9.15 Å². The fraction of sp³-hybridized carbons (Fsp3) is 0.0870. The van der Waals surface area contributed by atoms with E-state index >= 15 is 0 Å². The first-order valence-corrected chi connectivity index (χ1v) is 10.9. The van der Waals surface area contributed by atoms with E-state index in [4.69, 9.17) is 9.15 Å². The van der Waals surface area contributed by atoms with E-state index in [1.165, 1.54) is 22.8 Å². The predicted octanol–water partition coefficient (Wildman–Crippen LogP) is 4.84. The third-order valence-electron chi connectivity index (χ3n) is 4.68. The topological polar surface area (TPSA) is 117 Å². The van der Waals surface area contributed by atoms with E-state index in [2.05, 4.69) is 27.6 Å².